The summed E-state index contributed by atoms with van der Waals surface area (Å²) in [6.45, 7) is 3.03. The van der Waals surface area contributed by atoms with Crippen molar-refractivity contribution in [3.63, 3.8) is 0 Å². The van der Waals surface area contributed by atoms with E-state index in [4.69, 9.17) is 4.74 Å². The van der Waals surface area contributed by atoms with E-state index in [-0.39, 0.29) is 29.3 Å². The molecule has 1 unspecified atom stereocenters. The smallest absolute Gasteiger partial charge is 0.370 e. The van der Waals surface area contributed by atoms with Crippen molar-refractivity contribution in [2.45, 2.75) is 50.2 Å². The predicted octanol–water partition coefficient (Wildman–Crippen LogP) is 6.72. The number of ether oxygens (including phenoxy) is 1. The van der Waals surface area contributed by atoms with Gasteiger partial charge in [-0.25, -0.2) is 4.39 Å². The molecule has 2 aliphatic rings. The SMILES string of the molecule is C[C@@H](O[C@H]1CC[C@@H]2CNC[C@H]2C1c1ccc(F)cc1)c1cc(C(F)(F)F)cc(C(F)(F)F)c1. The third-order valence-corrected chi connectivity index (χ3v) is 6.79. The number of fused-ring (bicyclic) bond motifs is 1. The summed E-state index contributed by atoms with van der Waals surface area (Å²) in [6.07, 6.45) is -9.80. The maximum absolute atomic E-state index is 13.5. The van der Waals surface area contributed by atoms with Crippen molar-refractivity contribution in [3.05, 3.63) is 70.5 Å². The van der Waals surface area contributed by atoms with Crippen LogP contribution in [0.1, 0.15) is 54.0 Å². The zero-order valence-corrected chi connectivity index (χ0v) is 17.8. The summed E-state index contributed by atoms with van der Waals surface area (Å²) in [4.78, 5) is 0. The van der Waals surface area contributed by atoms with Crippen LogP contribution in [0.15, 0.2) is 42.5 Å². The lowest BCUT2D eigenvalue weighted by atomic mass is 9.69. The Morgan fingerprint density at radius 1 is 0.879 bits per heavy atom. The Kier molecular flexibility index (Phi) is 6.48. The summed E-state index contributed by atoms with van der Waals surface area (Å²) in [6, 6.07) is 7.61. The van der Waals surface area contributed by atoms with Crippen molar-refractivity contribution in [1.29, 1.82) is 0 Å². The van der Waals surface area contributed by atoms with Crippen molar-refractivity contribution in [2.24, 2.45) is 11.8 Å². The van der Waals surface area contributed by atoms with Crippen molar-refractivity contribution in [2.75, 3.05) is 13.1 Å². The molecular formula is C24H24F7NO. The monoisotopic (exact) mass is 475 g/mol. The van der Waals surface area contributed by atoms with Gasteiger partial charge in [-0.15, -0.1) is 0 Å². The second kappa shape index (κ2) is 8.91. The van der Waals surface area contributed by atoms with E-state index in [0.29, 0.717) is 12.3 Å². The minimum Gasteiger partial charge on any atom is -0.370 e. The second-order valence-corrected chi connectivity index (χ2v) is 8.89. The van der Waals surface area contributed by atoms with Crippen LogP contribution in [0.5, 0.6) is 0 Å². The maximum atomic E-state index is 13.5. The first-order valence-corrected chi connectivity index (χ1v) is 10.8. The molecule has 5 atom stereocenters. The summed E-state index contributed by atoms with van der Waals surface area (Å²) in [5.74, 6) is 0.0501. The molecule has 1 aliphatic heterocycles. The predicted molar refractivity (Wildman–Crippen MR) is 108 cm³/mol. The zero-order chi connectivity index (χ0) is 24.0. The van der Waals surface area contributed by atoms with Gasteiger partial charge in [0, 0.05) is 5.92 Å². The number of hydrogen-bond donors (Lipinski definition) is 1. The largest absolute Gasteiger partial charge is 0.416 e. The van der Waals surface area contributed by atoms with E-state index in [1.54, 1.807) is 12.1 Å². The van der Waals surface area contributed by atoms with Crippen molar-refractivity contribution < 1.29 is 35.5 Å². The van der Waals surface area contributed by atoms with Gasteiger partial charge in [0.2, 0.25) is 0 Å². The molecule has 2 aromatic rings. The molecule has 1 saturated heterocycles. The molecule has 1 aliphatic carbocycles. The third kappa shape index (κ3) is 5.19. The average molecular weight is 475 g/mol. The van der Waals surface area contributed by atoms with Gasteiger partial charge >= 0.3 is 12.4 Å². The molecular weight excluding hydrogens is 451 g/mol. The molecule has 2 aromatic carbocycles. The highest BCUT2D eigenvalue weighted by Gasteiger charge is 2.44. The first-order valence-electron chi connectivity index (χ1n) is 10.8. The molecule has 180 valence electrons. The number of benzene rings is 2. The van der Waals surface area contributed by atoms with Crippen LogP contribution in [0.25, 0.3) is 0 Å². The molecule has 0 spiro atoms. The second-order valence-electron chi connectivity index (χ2n) is 8.89. The van der Waals surface area contributed by atoms with Crippen LogP contribution in [-0.4, -0.2) is 19.2 Å². The fourth-order valence-electron chi connectivity index (χ4n) is 5.18. The number of alkyl halides is 6. The third-order valence-electron chi connectivity index (χ3n) is 6.79. The minimum atomic E-state index is -4.92. The first-order chi connectivity index (χ1) is 15.4. The molecule has 1 N–H and O–H groups in total. The van der Waals surface area contributed by atoms with Gasteiger partial charge in [-0.1, -0.05) is 12.1 Å². The quantitative estimate of drug-likeness (QED) is 0.496. The topological polar surface area (TPSA) is 21.3 Å². The molecule has 1 saturated carbocycles. The van der Waals surface area contributed by atoms with Gasteiger partial charge in [-0.3, -0.25) is 0 Å². The van der Waals surface area contributed by atoms with Gasteiger partial charge in [0.05, 0.1) is 23.3 Å². The Labute approximate surface area is 187 Å². The Morgan fingerprint density at radius 2 is 1.48 bits per heavy atom. The first kappa shape index (κ1) is 24.0. The highest BCUT2D eigenvalue weighted by atomic mass is 19.4. The lowest BCUT2D eigenvalue weighted by Gasteiger charge is -2.41. The van der Waals surface area contributed by atoms with Crippen LogP contribution in [0.4, 0.5) is 30.7 Å². The molecule has 9 heteroatoms. The Balaban J connectivity index is 1.65. The normalized spacial score (nSPS) is 26.8. The fraction of sp³-hybridized carbons (Fsp3) is 0.500. The van der Waals surface area contributed by atoms with E-state index in [0.717, 1.165) is 37.2 Å². The molecule has 0 radical (unpaired) electrons. The summed E-state index contributed by atoms with van der Waals surface area (Å²) in [5, 5.41) is 3.35. The standard InChI is InChI=1S/C24H24F7NO/c1-13(16-8-17(23(26,27)28)10-18(9-16)24(29,30)31)33-21-7-4-15-11-32-12-20(15)22(21)14-2-5-19(25)6-3-14/h2-3,5-6,8-10,13,15,20-22,32H,4,7,11-12H2,1H3/t13-,15-,20-,21+,22?/m1/s1. The summed E-state index contributed by atoms with van der Waals surface area (Å²) < 4.78 is 99.3. The number of hydrogen-bond acceptors (Lipinski definition) is 2. The molecule has 2 nitrogen and oxygen atoms in total. The zero-order valence-electron chi connectivity index (χ0n) is 17.8. The minimum absolute atomic E-state index is 0.118. The van der Waals surface area contributed by atoms with E-state index in [9.17, 15) is 30.7 Å². The van der Waals surface area contributed by atoms with Gasteiger partial charge in [0.1, 0.15) is 5.82 Å². The van der Waals surface area contributed by atoms with Crippen molar-refractivity contribution in [3.8, 4) is 0 Å². The summed E-state index contributed by atoms with van der Waals surface area (Å²) in [5.41, 5.74) is -2.04. The number of halogens is 7. The van der Waals surface area contributed by atoms with Gasteiger partial charge in [0.25, 0.3) is 0 Å². The summed E-state index contributed by atoms with van der Waals surface area (Å²) in [7, 11) is 0. The Morgan fingerprint density at radius 3 is 2.06 bits per heavy atom. The lowest BCUT2D eigenvalue weighted by molar-refractivity contribution is -0.143. The summed E-state index contributed by atoms with van der Waals surface area (Å²) >= 11 is 0. The maximum Gasteiger partial charge on any atom is 0.416 e. The molecule has 0 bridgehead atoms. The van der Waals surface area contributed by atoms with Crippen LogP contribution < -0.4 is 5.32 Å². The van der Waals surface area contributed by atoms with Crippen LogP contribution >= 0.6 is 0 Å². The molecule has 0 amide bonds. The van der Waals surface area contributed by atoms with Crippen molar-refractivity contribution in [1.82, 2.24) is 5.32 Å². The average Bonchev–Trinajstić information content (AvgIpc) is 3.21. The van der Waals surface area contributed by atoms with Gasteiger partial charge in [-0.05, 0) is 86.1 Å². The van der Waals surface area contributed by atoms with Crippen LogP contribution in [-0.2, 0) is 17.1 Å². The lowest BCUT2D eigenvalue weighted by Crippen LogP contribution is -2.38. The highest BCUT2D eigenvalue weighted by molar-refractivity contribution is 5.35. The Bertz CT molecular complexity index is 938. The molecule has 2 fully saturated rings. The van der Waals surface area contributed by atoms with Gasteiger partial charge in [0.15, 0.2) is 0 Å². The van der Waals surface area contributed by atoms with Crippen LogP contribution in [0, 0.1) is 17.7 Å². The number of rotatable bonds is 4. The van der Waals surface area contributed by atoms with E-state index in [1.165, 1.54) is 19.1 Å². The van der Waals surface area contributed by atoms with Gasteiger partial charge < -0.3 is 10.1 Å². The van der Waals surface area contributed by atoms with E-state index < -0.39 is 35.7 Å². The molecule has 33 heavy (non-hydrogen) atoms. The van der Waals surface area contributed by atoms with Gasteiger partial charge in [-0.2, -0.15) is 26.3 Å². The van der Waals surface area contributed by atoms with E-state index >= 15 is 0 Å². The number of nitrogens with one attached hydrogen (secondary N) is 1. The van der Waals surface area contributed by atoms with Crippen LogP contribution in [0.3, 0.4) is 0 Å². The highest BCUT2D eigenvalue weighted by Crippen LogP contribution is 2.46. The van der Waals surface area contributed by atoms with Crippen LogP contribution in [0.2, 0.25) is 0 Å². The van der Waals surface area contributed by atoms with E-state index in [2.05, 4.69) is 5.32 Å². The molecule has 4 rings (SSSR count). The Hall–Kier alpha value is -2.13. The molecule has 0 aromatic heterocycles. The fourth-order valence-corrected chi connectivity index (χ4v) is 5.18. The van der Waals surface area contributed by atoms with E-state index in [1.807, 2.05) is 0 Å². The molecule has 1 heterocycles. The van der Waals surface area contributed by atoms with Crippen molar-refractivity contribution >= 4 is 0 Å².